The first-order chi connectivity index (χ1) is 9.97. The molecule has 1 rings (SSSR count). The number of hydrogen-bond acceptors (Lipinski definition) is 2. The molecule has 0 saturated carbocycles. The highest BCUT2D eigenvalue weighted by Gasteiger charge is 2.08. The van der Waals surface area contributed by atoms with Crippen LogP contribution in [0.15, 0.2) is 48.3 Å². The topological polar surface area (TPSA) is 40.5 Å². The van der Waals surface area contributed by atoms with Gasteiger partial charge in [-0.1, -0.05) is 49.6 Å². The van der Waals surface area contributed by atoms with Crippen LogP contribution < -0.4 is 0 Å². The summed E-state index contributed by atoms with van der Waals surface area (Å²) < 4.78 is 0. The van der Waals surface area contributed by atoms with Crippen LogP contribution in [0.2, 0.25) is 0 Å². The van der Waals surface area contributed by atoms with E-state index in [4.69, 9.17) is 6.42 Å². The molecule has 0 radical (unpaired) electrons. The highest BCUT2D eigenvalue weighted by molar-refractivity contribution is 5.60. The summed E-state index contributed by atoms with van der Waals surface area (Å²) in [6.07, 6.45) is 10.8. The number of aliphatic hydroxyl groups excluding tert-OH is 2. The zero-order chi connectivity index (χ0) is 15.8. The van der Waals surface area contributed by atoms with Crippen molar-refractivity contribution in [2.24, 2.45) is 0 Å². The molecule has 21 heavy (non-hydrogen) atoms. The molecule has 1 aromatic carbocycles. The Kier molecular flexibility index (Phi) is 6.36. The predicted molar refractivity (Wildman–Crippen MR) is 89.1 cm³/mol. The van der Waals surface area contributed by atoms with Gasteiger partial charge in [-0.25, -0.2) is 0 Å². The number of rotatable bonds is 6. The molecule has 0 amide bonds. The van der Waals surface area contributed by atoms with Crippen LogP contribution in [0.3, 0.4) is 0 Å². The van der Waals surface area contributed by atoms with E-state index in [2.05, 4.69) is 19.4 Å². The van der Waals surface area contributed by atoms with E-state index in [1.165, 1.54) is 0 Å². The third-order valence-electron chi connectivity index (χ3n) is 3.10. The molecule has 0 aliphatic heterocycles. The van der Waals surface area contributed by atoms with E-state index in [0.717, 1.165) is 29.5 Å². The van der Waals surface area contributed by atoms with Crippen LogP contribution in [0.25, 0.3) is 5.76 Å². The van der Waals surface area contributed by atoms with Gasteiger partial charge in [0.05, 0.1) is 5.76 Å². The van der Waals surface area contributed by atoms with E-state index in [9.17, 15) is 10.2 Å². The molecule has 2 heteroatoms. The third-order valence-corrected chi connectivity index (χ3v) is 3.10. The van der Waals surface area contributed by atoms with Gasteiger partial charge in [-0.15, -0.1) is 6.42 Å². The van der Waals surface area contributed by atoms with E-state index in [1.54, 1.807) is 12.2 Å². The monoisotopic (exact) mass is 282 g/mol. The maximum absolute atomic E-state index is 10.2. The molecule has 0 spiro atoms. The Morgan fingerprint density at radius 2 is 2.10 bits per heavy atom. The number of aryl methyl sites for hydroxylation is 1. The Morgan fingerprint density at radius 1 is 1.38 bits per heavy atom. The van der Waals surface area contributed by atoms with Crippen LogP contribution in [0.1, 0.15) is 36.5 Å². The smallest absolute Gasteiger partial charge is 0.115 e. The van der Waals surface area contributed by atoms with Gasteiger partial charge in [0, 0.05) is 12.0 Å². The van der Waals surface area contributed by atoms with Crippen molar-refractivity contribution in [1.29, 1.82) is 0 Å². The molecule has 0 aromatic heterocycles. The predicted octanol–water partition coefficient (Wildman–Crippen LogP) is 4.87. The minimum Gasteiger partial charge on any atom is -0.512 e. The Bertz CT molecular complexity index is 613. The van der Waals surface area contributed by atoms with Crippen LogP contribution >= 0.6 is 0 Å². The second-order valence-corrected chi connectivity index (χ2v) is 5.06. The SMILES string of the molecule is C#C/C=C(\C=C(\O)Cc1cc(C)ccc1C(=C)O)CCC. The van der Waals surface area contributed by atoms with Gasteiger partial charge in [-0.2, -0.15) is 0 Å². The van der Waals surface area contributed by atoms with E-state index in [1.807, 2.05) is 25.1 Å². The zero-order valence-corrected chi connectivity index (χ0v) is 12.7. The lowest BCUT2D eigenvalue weighted by Gasteiger charge is -2.10. The lowest BCUT2D eigenvalue weighted by atomic mass is 9.99. The van der Waals surface area contributed by atoms with Gasteiger partial charge in [-0.3, -0.25) is 0 Å². The second kappa shape index (κ2) is 8.01. The van der Waals surface area contributed by atoms with Gasteiger partial charge < -0.3 is 10.2 Å². The Labute approximate surface area is 127 Å². The Hall–Kier alpha value is -2.40. The first kappa shape index (κ1) is 16.7. The fourth-order valence-electron chi connectivity index (χ4n) is 2.19. The molecule has 0 bridgehead atoms. The standard InChI is InChI=1S/C19H22O2/c1-5-7-16(8-6-2)12-18(21)13-17-11-14(3)9-10-19(17)15(4)20/h1,7,9-12,20-21H,4,6,8,13H2,2-3H3/b16-7-,18-12+. The first-order valence-electron chi connectivity index (χ1n) is 7.00. The van der Waals surface area contributed by atoms with Crippen LogP contribution in [-0.4, -0.2) is 10.2 Å². The summed E-state index contributed by atoms with van der Waals surface area (Å²) in [4.78, 5) is 0. The van der Waals surface area contributed by atoms with Gasteiger partial charge in [-0.05, 0) is 36.6 Å². The molecule has 0 atom stereocenters. The van der Waals surface area contributed by atoms with Crippen molar-refractivity contribution >= 4 is 5.76 Å². The molecular formula is C19H22O2. The Morgan fingerprint density at radius 3 is 2.67 bits per heavy atom. The molecule has 2 nitrogen and oxygen atoms in total. The number of terminal acetylenes is 1. The van der Waals surface area contributed by atoms with Crippen molar-refractivity contribution in [1.82, 2.24) is 0 Å². The lowest BCUT2D eigenvalue weighted by Crippen LogP contribution is -1.97. The highest BCUT2D eigenvalue weighted by atomic mass is 16.3. The third kappa shape index (κ3) is 5.24. The number of aliphatic hydroxyl groups is 2. The summed E-state index contributed by atoms with van der Waals surface area (Å²) in [5, 5.41) is 19.8. The molecule has 0 saturated heterocycles. The number of hydrogen-bond donors (Lipinski definition) is 2. The molecular weight excluding hydrogens is 260 g/mol. The van der Waals surface area contributed by atoms with Crippen molar-refractivity contribution in [3.63, 3.8) is 0 Å². The van der Waals surface area contributed by atoms with Gasteiger partial charge in [0.15, 0.2) is 0 Å². The summed E-state index contributed by atoms with van der Waals surface area (Å²) in [5.41, 5.74) is 3.48. The van der Waals surface area contributed by atoms with Crippen LogP contribution in [0.4, 0.5) is 0 Å². The summed E-state index contributed by atoms with van der Waals surface area (Å²) in [5.74, 6) is 2.71. The molecule has 0 aliphatic rings. The average molecular weight is 282 g/mol. The second-order valence-electron chi connectivity index (χ2n) is 5.06. The maximum Gasteiger partial charge on any atom is 0.115 e. The molecule has 1 aromatic rings. The largest absolute Gasteiger partial charge is 0.512 e. The van der Waals surface area contributed by atoms with E-state index in [-0.39, 0.29) is 11.5 Å². The first-order valence-corrected chi connectivity index (χ1v) is 7.00. The van der Waals surface area contributed by atoms with Crippen molar-refractivity contribution < 1.29 is 10.2 Å². The van der Waals surface area contributed by atoms with Gasteiger partial charge in [0.1, 0.15) is 5.76 Å². The zero-order valence-electron chi connectivity index (χ0n) is 12.7. The van der Waals surface area contributed by atoms with Crippen LogP contribution in [0, 0.1) is 19.3 Å². The van der Waals surface area contributed by atoms with Crippen LogP contribution in [0.5, 0.6) is 0 Å². The molecule has 0 unspecified atom stereocenters. The van der Waals surface area contributed by atoms with Gasteiger partial charge in [0.2, 0.25) is 0 Å². The minimum atomic E-state index is 0.00532. The lowest BCUT2D eigenvalue weighted by molar-refractivity contribution is 0.397. The van der Waals surface area contributed by atoms with Gasteiger partial charge in [0.25, 0.3) is 0 Å². The molecule has 2 N–H and O–H groups in total. The Balaban J connectivity index is 3.05. The quantitative estimate of drug-likeness (QED) is 0.444. The number of allylic oxidation sites excluding steroid dienone is 4. The summed E-state index contributed by atoms with van der Waals surface area (Å²) in [6, 6.07) is 5.65. The summed E-state index contributed by atoms with van der Waals surface area (Å²) in [7, 11) is 0. The minimum absolute atomic E-state index is 0.00532. The van der Waals surface area contributed by atoms with Crippen molar-refractivity contribution in [2.45, 2.75) is 33.1 Å². The van der Waals surface area contributed by atoms with E-state index < -0.39 is 0 Å². The fourth-order valence-corrected chi connectivity index (χ4v) is 2.19. The van der Waals surface area contributed by atoms with Crippen molar-refractivity contribution in [3.8, 4) is 12.3 Å². The van der Waals surface area contributed by atoms with Crippen molar-refractivity contribution in [3.05, 3.63) is 65.0 Å². The fraction of sp³-hybridized carbons (Fsp3) is 0.263. The highest BCUT2D eigenvalue weighted by Crippen LogP contribution is 2.21. The average Bonchev–Trinajstić information content (AvgIpc) is 2.38. The summed E-state index contributed by atoms with van der Waals surface area (Å²) >= 11 is 0. The van der Waals surface area contributed by atoms with Gasteiger partial charge >= 0.3 is 0 Å². The molecule has 0 aliphatic carbocycles. The number of benzene rings is 1. The molecule has 0 fully saturated rings. The normalized spacial score (nSPS) is 12.0. The van der Waals surface area contributed by atoms with Crippen molar-refractivity contribution in [2.75, 3.05) is 0 Å². The van der Waals surface area contributed by atoms with Crippen LogP contribution in [-0.2, 0) is 6.42 Å². The van der Waals surface area contributed by atoms with E-state index in [0.29, 0.717) is 12.0 Å². The molecule has 110 valence electrons. The molecule has 0 heterocycles. The maximum atomic E-state index is 10.2. The summed E-state index contributed by atoms with van der Waals surface area (Å²) in [6.45, 7) is 7.59. The van der Waals surface area contributed by atoms with E-state index >= 15 is 0 Å².